The highest BCUT2D eigenvalue weighted by atomic mass is 16.3. The molecule has 0 spiro atoms. The van der Waals surface area contributed by atoms with Gasteiger partial charge in [-0.15, -0.1) is 6.58 Å². The molecule has 5 aromatic carbocycles. The molecule has 5 nitrogen and oxygen atoms in total. The normalized spacial score (nSPS) is 12.7. The summed E-state index contributed by atoms with van der Waals surface area (Å²) in [5, 5.41) is 15.0. The lowest BCUT2D eigenvalue weighted by Gasteiger charge is -2.37. The van der Waals surface area contributed by atoms with Crippen molar-refractivity contribution in [1.29, 1.82) is 0 Å². The number of aromatic nitrogens is 2. The summed E-state index contributed by atoms with van der Waals surface area (Å²) < 4.78 is 2.11. The van der Waals surface area contributed by atoms with Crippen molar-refractivity contribution in [2.24, 2.45) is 0 Å². The van der Waals surface area contributed by atoms with Crippen molar-refractivity contribution in [1.82, 2.24) is 14.9 Å². The van der Waals surface area contributed by atoms with Crippen LogP contribution in [0.1, 0.15) is 44.7 Å². The Hall–Kier alpha value is -5.52. The fraction of sp³-hybridized carbons (Fsp3) is 0.100. The number of amides is 1. The van der Waals surface area contributed by atoms with Crippen LogP contribution in [0.25, 0.3) is 11.1 Å². The Morgan fingerprint density at radius 3 is 1.82 bits per heavy atom. The van der Waals surface area contributed by atoms with Crippen LogP contribution in [-0.2, 0) is 11.1 Å². The van der Waals surface area contributed by atoms with Crippen LogP contribution in [0, 0.1) is 0 Å². The van der Waals surface area contributed by atoms with E-state index in [-0.39, 0.29) is 12.3 Å². The van der Waals surface area contributed by atoms with Gasteiger partial charge in [0.25, 0.3) is 5.91 Å². The first-order valence-corrected chi connectivity index (χ1v) is 15.0. The molecule has 6 rings (SSSR count). The van der Waals surface area contributed by atoms with Crippen LogP contribution < -0.4 is 5.32 Å². The molecule has 1 heterocycles. The first-order valence-electron chi connectivity index (χ1n) is 15.0. The zero-order valence-corrected chi connectivity index (χ0v) is 25.2. The zero-order valence-electron chi connectivity index (χ0n) is 25.2. The molecule has 0 aliphatic rings. The minimum absolute atomic E-state index is 0.137. The van der Waals surface area contributed by atoms with Crippen LogP contribution in [0.3, 0.4) is 0 Å². The third kappa shape index (κ3) is 5.39. The fourth-order valence-corrected chi connectivity index (χ4v) is 6.21. The number of imidazole rings is 1. The van der Waals surface area contributed by atoms with Gasteiger partial charge in [-0.3, -0.25) is 4.79 Å². The predicted molar refractivity (Wildman–Crippen MR) is 180 cm³/mol. The Morgan fingerprint density at radius 2 is 1.31 bits per heavy atom. The number of rotatable bonds is 10. The van der Waals surface area contributed by atoms with Gasteiger partial charge in [-0.05, 0) is 45.5 Å². The summed E-state index contributed by atoms with van der Waals surface area (Å²) in [6, 6.07) is 46.4. The lowest BCUT2D eigenvalue weighted by atomic mass is 9.76. The zero-order chi connectivity index (χ0) is 31.3. The number of aliphatic hydroxyl groups is 1. The van der Waals surface area contributed by atoms with E-state index in [4.69, 9.17) is 4.98 Å². The molecule has 0 radical (unpaired) electrons. The van der Waals surface area contributed by atoms with Crippen LogP contribution in [-0.4, -0.2) is 27.6 Å². The topological polar surface area (TPSA) is 67.2 Å². The number of carbonyl (C=O) groups is 1. The number of nitrogens with one attached hydrogen (secondary N) is 1. The van der Waals surface area contributed by atoms with E-state index in [0.29, 0.717) is 16.8 Å². The fourth-order valence-electron chi connectivity index (χ4n) is 6.21. The van der Waals surface area contributed by atoms with Gasteiger partial charge in [-0.25, -0.2) is 4.98 Å². The molecule has 0 fully saturated rings. The minimum atomic E-state index is -1.43. The lowest BCUT2D eigenvalue weighted by Crippen LogP contribution is -2.37. The highest BCUT2D eigenvalue weighted by Gasteiger charge is 2.40. The standard InChI is InChI=1S/C40H35N3O2/c1-3-26-39(45,33-24-22-30(23-25-33)31-14-13-15-32(27-31)38(44)41-2)37-28-43(29-42-37)40(34-16-7-4-8-17-34,35-18-9-5-10-19-35)36-20-11-6-12-21-36/h3-25,27-29,45H,1,26H2,2H3,(H,41,44). The summed E-state index contributed by atoms with van der Waals surface area (Å²) in [7, 11) is 1.62. The Labute approximate surface area is 264 Å². The van der Waals surface area contributed by atoms with Crippen molar-refractivity contribution in [2.45, 2.75) is 17.6 Å². The summed E-state index contributed by atoms with van der Waals surface area (Å²) in [6.07, 6.45) is 5.76. The van der Waals surface area contributed by atoms with Crippen LogP contribution in [0.4, 0.5) is 0 Å². The molecular weight excluding hydrogens is 554 g/mol. The Kier molecular flexibility index (Phi) is 8.28. The Morgan fingerprint density at radius 1 is 0.756 bits per heavy atom. The highest BCUT2D eigenvalue weighted by molar-refractivity contribution is 5.95. The minimum Gasteiger partial charge on any atom is -0.378 e. The van der Waals surface area contributed by atoms with E-state index in [1.165, 1.54) is 0 Å². The number of benzene rings is 5. The van der Waals surface area contributed by atoms with Gasteiger partial charge in [0.2, 0.25) is 0 Å². The van der Waals surface area contributed by atoms with E-state index in [2.05, 4.69) is 52.9 Å². The van der Waals surface area contributed by atoms with Crippen LogP contribution in [0.15, 0.2) is 165 Å². The van der Waals surface area contributed by atoms with Crippen molar-refractivity contribution >= 4 is 5.91 Å². The second kappa shape index (κ2) is 12.6. The molecule has 45 heavy (non-hydrogen) atoms. The second-order valence-corrected chi connectivity index (χ2v) is 11.1. The van der Waals surface area contributed by atoms with E-state index < -0.39 is 11.1 Å². The first kappa shape index (κ1) is 29.5. The monoisotopic (exact) mass is 589 g/mol. The third-order valence-electron chi connectivity index (χ3n) is 8.46. The summed E-state index contributed by atoms with van der Waals surface area (Å²) >= 11 is 0. The highest BCUT2D eigenvalue weighted by Crippen LogP contribution is 2.42. The molecule has 0 saturated carbocycles. The van der Waals surface area contributed by atoms with E-state index in [1.807, 2.05) is 110 Å². The Balaban J connectivity index is 1.47. The number of hydrogen-bond acceptors (Lipinski definition) is 3. The summed E-state index contributed by atoms with van der Waals surface area (Å²) in [5.74, 6) is -0.137. The van der Waals surface area contributed by atoms with Gasteiger partial charge in [0, 0.05) is 25.2 Å². The quantitative estimate of drug-likeness (QED) is 0.128. The smallest absolute Gasteiger partial charge is 0.251 e. The van der Waals surface area contributed by atoms with Crippen LogP contribution in [0.2, 0.25) is 0 Å². The van der Waals surface area contributed by atoms with Gasteiger partial charge in [0.15, 0.2) is 0 Å². The molecule has 2 N–H and O–H groups in total. The molecule has 1 amide bonds. The molecule has 1 atom stereocenters. The maximum Gasteiger partial charge on any atom is 0.251 e. The SMILES string of the molecule is C=CCC(O)(c1ccc(-c2cccc(C(=O)NC)c2)cc1)c1cn(C(c2ccccc2)(c2ccccc2)c2ccccc2)cn1. The van der Waals surface area contributed by atoms with E-state index >= 15 is 0 Å². The molecule has 1 unspecified atom stereocenters. The van der Waals surface area contributed by atoms with E-state index in [9.17, 15) is 9.90 Å². The lowest BCUT2D eigenvalue weighted by molar-refractivity contribution is 0.0798. The molecular formula is C40H35N3O2. The van der Waals surface area contributed by atoms with Crippen molar-refractivity contribution in [3.63, 3.8) is 0 Å². The maximum atomic E-state index is 12.4. The molecule has 1 aromatic heterocycles. The number of hydrogen-bond donors (Lipinski definition) is 2. The van der Waals surface area contributed by atoms with Crippen LogP contribution >= 0.6 is 0 Å². The van der Waals surface area contributed by atoms with E-state index in [1.54, 1.807) is 19.2 Å². The summed E-state index contributed by atoms with van der Waals surface area (Å²) in [4.78, 5) is 17.1. The predicted octanol–water partition coefficient (Wildman–Crippen LogP) is 7.56. The average molecular weight is 590 g/mol. The van der Waals surface area contributed by atoms with Crippen molar-refractivity contribution in [2.75, 3.05) is 7.05 Å². The molecule has 0 bridgehead atoms. The molecule has 6 aromatic rings. The van der Waals surface area contributed by atoms with Gasteiger partial charge in [-0.2, -0.15) is 0 Å². The van der Waals surface area contributed by atoms with Crippen molar-refractivity contribution in [3.05, 3.63) is 198 Å². The van der Waals surface area contributed by atoms with Gasteiger partial charge in [0.1, 0.15) is 11.1 Å². The Bertz CT molecular complexity index is 1800. The maximum absolute atomic E-state index is 12.4. The van der Waals surface area contributed by atoms with Crippen molar-refractivity contribution in [3.8, 4) is 11.1 Å². The van der Waals surface area contributed by atoms with Gasteiger partial charge in [0.05, 0.1) is 12.0 Å². The number of nitrogens with zero attached hydrogens (tertiary/aromatic N) is 2. The largest absolute Gasteiger partial charge is 0.378 e. The number of carbonyl (C=O) groups excluding carboxylic acids is 1. The average Bonchev–Trinajstić information content (AvgIpc) is 3.61. The molecule has 0 aliphatic carbocycles. The second-order valence-electron chi connectivity index (χ2n) is 11.1. The van der Waals surface area contributed by atoms with Crippen molar-refractivity contribution < 1.29 is 9.90 Å². The third-order valence-corrected chi connectivity index (χ3v) is 8.46. The van der Waals surface area contributed by atoms with Crippen LogP contribution in [0.5, 0.6) is 0 Å². The first-order chi connectivity index (χ1) is 22.0. The molecule has 222 valence electrons. The van der Waals surface area contributed by atoms with Gasteiger partial charge >= 0.3 is 0 Å². The summed E-state index contributed by atoms with van der Waals surface area (Å²) in [5.41, 5.74) is 4.70. The summed E-state index contributed by atoms with van der Waals surface area (Å²) in [6.45, 7) is 3.96. The van der Waals surface area contributed by atoms with E-state index in [0.717, 1.165) is 27.8 Å². The molecule has 0 saturated heterocycles. The van der Waals surface area contributed by atoms with Gasteiger partial charge in [-0.1, -0.05) is 133 Å². The molecule has 5 heteroatoms. The van der Waals surface area contributed by atoms with Gasteiger partial charge < -0.3 is 15.0 Å². The molecule has 0 aliphatic heterocycles.